The number of hydrogen-bond acceptors (Lipinski definition) is 6. The van der Waals surface area contributed by atoms with E-state index in [0.29, 0.717) is 24.7 Å². The SMILES string of the molecule is COCCOC[C@H]1CCCN1C(=O)c1cc2nccc(Nc3ccc4[nH]c(C)cc4c3)c2s1. The molecule has 1 aromatic carbocycles. The fourth-order valence-electron chi connectivity index (χ4n) is 4.43. The molecular weight excluding hydrogens is 436 g/mol. The number of benzene rings is 1. The molecule has 4 aromatic rings. The molecule has 0 bridgehead atoms. The van der Waals surface area contributed by atoms with Crippen molar-refractivity contribution >= 4 is 49.7 Å². The zero-order chi connectivity index (χ0) is 22.8. The number of thiophene rings is 1. The van der Waals surface area contributed by atoms with Gasteiger partial charge in [-0.2, -0.15) is 0 Å². The molecule has 33 heavy (non-hydrogen) atoms. The van der Waals surface area contributed by atoms with Gasteiger partial charge in [0.1, 0.15) is 0 Å². The third-order valence-electron chi connectivity index (χ3n) is 6.04. The monoisotopic (exact) mass is 464 g/mol. The highest BCUT2D eigenvalue weighted by Crippen LogP contribution is 2.34. The highest BCUT2D eigenvalue weighted by atomic mass is 32.1. The molecule has 1 amide bonds. The van der Waals surface area contributed by atoms with E-state index in [2.05, 4.69) is 46.5 Å². The van der Waals surface area contributed by atoms with Crippen LogP contribution < -0.4 is 5.32 Å². The Bertz CT molecular complexity index is 1280. The first-order chi connectivity index (χ1) is 16.1. The summed E-state index contributed by atoms with van der Waals surface area (Å²) in [4.78, 5) is 23.9. The normalized spacial score (nSPS) is 16.2. The highest BCUT2D eigenvalue weighted by molar-refractivity contribution is 7.21. The Morgan fingerprint density at radius 3 is 3.06 bits per heavy atom. The average molecular weight is 465 g/mol. The molecule has 3 aromatic heterocycles. The molecule has 0 unspecified atom stereocenters. The summed E-state index contributed by atoms with van der Waals surface area (Å²) in [6, 6.07) is 12.4. The molecule has 0 aliphatic carbocycles. The molecule has 7 nitrogen and oxygen atoms in total. The van der Waals surface area contributed by atoms with E-state index in [9.17, 15) is 4.79 Å². The van der Waals surface area contributed by atoms with Crippen LogP contribution in [0.2, 0.25) is 0 Å². The van der Waals surface area contributed by atoms with E-state index < -0.39 is 0 Å². The van der Waals surface area contributed by atoms with Crippen LogP contribution in [-0.4, -0.2) is 60.3 Å². The Hall–Kier alpha value is -2.94. The average Bonchev–Trinajstić information content (AvgIpc) is 3.53. The number of methoxy groups -OCH3 is 1. The second-order valence-electron chi connectivity index (χ2n) is 8.43. The summed E-state index contributed by atoms with van der Waals surface area (Å²) < 4.78 is 11.7. The number of amides is 1. The number of anilines is 2. The van der Waals surface area contributed by atoms with Gasteiger partial charge in [0, 0.05) is 42.1 Å². The Labute approximate surface area is 196 Å². The van der Waals surface area contributed by atoms with Crippen molar-refractivity contribution < 1.29 is 14.3 Å². The van der Waals surface area contributed by atoms with Gasteiger partial charge in [0.15, 0.2) is 0 Å². The predicted octanol–water partition coefficient (Wildman–Crippen LogP) is 5.10. The van der Waals surface area contributed by atoms with Crippen LogP contribution in [0.4, 0.5) is 11.4 Å². The maximum absolute atomic E-state index is 13.3. The van der Waals surface area contributed by atoms with Crippen LogP contribution in [0.1, 0.15) is 28.2 Å². The molecule has 0 radical (unpaired) electrons. The van der Waals surface area contributed by atoms with E-state index in [-0.39, 0.29) is 11.9 Å². The summed E-state index contributed by atoms with van der Waals surface area (Å²) in [7, 11) is 1.66. The lowest BCUT2D eigenvalue weighted by Gasteiger charge is -2.24. The number of aryl methyl sites for hydroxylation is 1. The summed E-state index contributed by atoms with van der Waals surface area (Å²) in [5, 5.41) is 4.68. The molecule has 8 heteroatoms. The smallest absolute Gasteiger partial charge is 0.264 e. The number of carbonyl (C=O) groups excluding carboxylic acids is 1. The molecule has 1 aliphatic rings. The third-order valence-corrected chi connectivity index (χ3v) is 7.18. The number of likely N-dealkylation sites (tertiary alicyclic amines) is 1. The van der Waals surface area contributed by atoms with Crippen molar-refractivity contribution in [2.24, 2.45) is 0 Å². The second-order valence-corrected chi connectivity index (χ2v) is 9.48. The fourth-order valence-corrected chi connectivity index (χ4v) is 5.47. The number of carbonyl (C=O) groups is 1. The number of nitrogens with zero attached hydrogens (tertiary/aromatic N) is 2. The predicted molar refractivity (Wildman–Crippen MR) is 133 cm³/mol. The molecule has 1 aliphatic heterocycles. The summed E-state index contributed by atoms with van der Waals surface area (Å²) in [5.41, 5.74) is 5.05. The van der Waals surface area contributed by atoms with Gasteiger partial charge in [-0.15, -0.1) is 11.3 Å². The molecule has 172 valence electrons. The quantitative estimate of drug-likeness (QED) is 0.355. The van der Waals surface area contributed by atoms with Gasteiger partial charge in [-0.3, -0.25) is 9.78 Å². The van der Waals surface area contributed by atoms with Crippen LogP contribution in [0.3, 0.4) is 0 Å². The van der Waals surface area contributed by atoms with Crippen molar-refractivity contribution in [1.29, 1.82) is 0 Å². The van der Waals surface area contributed by atoms with Crippen molar-refractivity contribution in [3.8, 4) is 0 Å². The minimum absolute atomic E-state index is 0.0611. The van der Waals surface area contributed by atoms with Crippen LogP contribution in [0.25, 0.3) is 21.1 Å². The molecule has 0 spiro atoms. The van der Waals surface area contributed by atoms with Gasteiger partial charge in [-0.05, 0) is 56.2 Å². The molecule has 5 rings (SSSR count). The standard InChI is InChI=1S/C25H28N4O3S/c1-16-12-17-13-18(5-6-20(17)27-16)28-21-7-8-26-22-14-23(33-24(21)22)25(30)29-9-3-4-19(29)15-32-11-10-31-2/h5-8,12-14,19,27H,3-4,9-11,15H2,1-2H3,(H,26,28)/t19-/m1/s1. The minimum atomic E-state index is 0.0611. The van der Waals surface area contributed by atoms with Gasteiger partial charge in [-0.1, -0.05) is 0 Å². The third kappa shape index (κ3) is 4.59. The number of H-pyrrole nitrogens is 1. The number of pyridine rings is 1. The van der Waals surface area contributed by atoms with Crippen LogP contribution in [0, 0.1) is 6.92 Å². The summed E-state index contributed by atoms with van der Waals surface area (Å²) in [6.45, 7) is 4.48. The topological polar surface area (TPSA) is 79.5 Å². The number of hydrogen-bond donors (Lipinski definition) is 2. The van der Waals surface area contributed by atoms with Crippen LogP contribution >= 0.6 is 11.3 Å². The minimum Gasteiger partial charge on any atom is -0.382 e. The number of nitrogens with one attached hydrogen (secondary N) is 2. The van der Waals surface area contributed by atoms with Crippen LogP contribution in [0.5, 0.6) is 0 Å². The molecule has 2 N–H and O–H groups in total. The van der Waals surface area contributed by atoms with E-state index in [1.54, 1.807) is 13.3 Å². The number of aromatic nitrogens is 2. The van der Waals surface area contributed by atoms with Gasteiger partial charge in [0.2, 0.25) is 0 Å². The summed E-state index contributed by atoms with van der Waals surface area (Å²) in [6.07, 6.45) is 3.75. The zero-order valence-corrected chi connectivity index (χ0v) is 19.7. The highest BCUT2D eigenvalue weighted by Gasteiger charge is 2.30. The van der Waals surface area contributed by atoms with Crippen molar-refractivity contribution in [3.63, 3.8) is 0 Å². The van der Waals surface area contributed by atoms with Gasteiger partial charge in [-0.25, -0.2) is 0 Å². The van der Waals surface area contributed by atoms with Crippen molar-refractivity contribution in [1.82, 2.24) is 14.9 Å². The summed E-state index contributed by atoms with van der Waals surface area (Å²) in [5.74, 6) is 0.0611. The molecule has 4 heterocycles. The van der Waals surface area contributed by atoms with Crippen molar-refractivity contribution in [2.45, 2.75) is 25.8 Å². The van der Waals surface area contributed by atoms with Gasteiger partial charge >= 0.3 is 0 Å². The first kappa shape index (κ1) is 21.9. The van der Waals surface area contributed by atoms with Crippen LogP contribution in [0.15, 0.2) is 42.6 Å². The lowest BCUT2D eigenvalue weighted by Crippen LogP contribution is -2.38. The number of fused-ring (bicyclic) bond motifs is 2. The largest absolute Gasteiger partial charge is 0.382 e. The molecule has 1 saturated heterocycles. The van der Waals surface area contributed by atoms with Gasteiger partial charge in [0.25, 0.3) is 5.91 Å². The fraction of sp³-hybridized carbons (Fsp3) is 0.360. The van der Waals surface area contributed by atoms with E-state index >= 15 is 0 Å². The van der Waals surface area contributed by atoms with E-state index in [4.69, 9.17) is 9.47 Å². The lowest BCUT2D eigenvalue weighted by molar-refractivity contribution is 0.0360. The van der Waals surface area contributed by atoms with Crippen LogP contribution in [-0.2, 0) is 9.47 Å². The van der Waals surface area contributed by atoms with Crippen molar-refractivity contribution in [2.75, 3.05) is 38.8 Å². The second kappa shape index (κ2) is 9.51. The number of aromatic amines is 1. The lowest BCUT2D eigenvalue weighted by atomic mass is 10.2. The zero-order valence-electron chi connectivity index (χ0n) is 18.9. The number of rotatable bonds is 8. The van der Waals surface area contributed by atoms with E-state index in [1.807, 2.05) is 17.0 Å². The van der Waals surface area contributed by atoms with Gasteiger partial charge < -0.3 is 24.7 Å². The van der Waals surface area contributed by atoms with E-state index in [0.717, 1.165) is 57.6 Å². The Balaban J connectivity index is 1.36. The first-order valence-electron chi connectivity index (χ1n) is 11.2. The number of ether oxygens (including phenoxy) is 2. The Morgan fingerprint density at radius 1 is 1.27 bits per heavy atom. The summed E-state index contributed by atoms with van der Waals surface area (Å²) >= 11 is 1.50. The Kier molecular flexibility index (Phi) is 6.30. The molecule has 1 atom stereocenters. The first-order valence-corrected chi connectivity index (χ1v) is 12.1. The molecule has 1 fully saturated rings. The molecule has 0 saturated carbocycles. The maximum atomic E-state index is 13.3. The van der Waals surface area contributed by atoms with Crippen molar-refractivity contribution in [3.05, 3.63) is 53.2 Å². The molecular formula is C25H28N4O3S. The van der Waals surface area contributed by atoms with Gasteiger partial charge in [0.05, 0.1) is 46.6 Å². The van der Waals surface area contributed by atoms with E-state index in [1.165, 1.54) is 11.3 Å². The maximum Gasteiger partial charge on any atom is 0.264 e. The Morgan fingerprint density at radius 2 is 2.18 bits per heavy atom.